The Morgan fingerprint density at radius 3 is 3.07 bits per heavy atom. The summed E-state index contributed by atoms with van der Waals surface area (Å²) in [6.07, 6.45) is 1.92. The molecule has 0 radical (unpaired) electrons. The van der Waals surface area contributed by atoms with E-state index in [0.29, 0.717) is 6.61 Å². The Bertz CT molecular complexity index is 411. The molecular formula is C12H12O3. The maximum absolute atomic E-state index is 5.65. The average Bonchev–Trinajstić information content (AvgIpc) is 2.96. The zero-order valence-corrected chi connectivity index (χ0v) is 8.47. The summed E-state index contributed by atoms with van der Waals surface area (Å²) < 4.78 is 16.6. The summed E-state index contributed by atoms with van der Waals surface area (Å²) in [7, 11) is 0. The largest absolute Gasteiger partial charge is 0.493 e. The van der Waals surface area contributed by atoms with Crippen LogP contribution in [0.2, 0.25) is 0 Å². The van der Waals surface area contributed by atoms with Gasteiger partial charge in [-0.25, -0.2) is 0 Å². The van der Waals surface area contributed by atoms with Crippen LogP contribution >= 0.6 is 0 Å². The fraction of sp³-hybridized carbons (Fsp3) is 0.333. The van der Waals surface area contributed by atoms with Gasteiger partial charge in [0.2, 0.25) is 6.29 Å². The van der Waals surface area contributed by atoms with Crippen molar-refractivity contribution < 1.29 is 14.2 Å². The zero-order valence-electron chi connectivity index (χ0n) is 8.47. The number of ether oxygens (including phenoxy) is 3. The number of benzene rings is 1. The van der Waals surface area contributed by atoms with Gasteiger partial charge in [-0.3, -0.25) is 0 Å². The normalized spacial score (nSPS) is 26.6. The molecule has 0 aliphatic carbocycles. The number of hydrogen-bond donors (Lipinski definition) is 0. The first-order chi connectivity index (χ1) is 7.38. The van der Waals surface area contributed by atoms with Crippen molar-refractivity contribution in [2.24, 2.45) is 0 Å². The van der Waals surface area contributed by atoms with Crippen LogP contribution in [0.15, 0.2) is 30.3 Å². The lowest BCUT2D eigenvalue weighted by Gasteiger charge is -2.11. The van der Waals surface area contributed by atoms with E-state index in [-0.39, 0.29) is 12.4 Å². The molecular weight excluding hydrogens is 192 g/mol. The van der Waals surface area contributed by atoms with Crippen LogP contribution in [-0.2, 0) is 9.47 Å². The summed E-state index contributed by atoms with van der Waals surface area (Å²) >= 11 is 0. The van der Waals surface area contributed by atoms with Gasteiger partial charge in [0.15, 0.2) is 0 Å². The van der Waals surface area contributed by atoms with Gasteiger partial charge in [-0.15, -0.1) is 0 Å². The summed E-state index contributed by atoms with van der Waals surface area (Å²) in [6.45, 7) is 2.62. The van der Waals surface area contributed by atoms with Crippen LogP contribution in [0.4, 0.5) is 0 Å². The molecule has 2 heterocycles. The first-order valence-electron chi connectivity index (χ1n) is 5.14. The highest BCUT2D eigenvalue weighted by Crippen LogP contribution is 2.38. The molecule has 3 nitrogen and oxygen atoms in total. The fourth-order valence-electron chi connectivity index (χ4n) is 1.74. The third-order valence-corrected chi connectivity index (χ3v) is 2.49. The van der Waals surface area contributed by atoms with Crippen LogP contribution in [0, 0.1) is 0 Å². The molecule has 2 aliphatic rings. The van der Waals surface area contributed by atoms with E-state index in [1.165, 1.54) is 0 Å². The Kier molecular flexibility index (Phi) is 1.92. The van der Waals surface area contributed by atoms with E-state index in [0.717, 1.165) is 17.1 Å². The molecule has 0 amide bonds. The first kappa shape index (κ1) is 8.80. The van der Waals surface area contributed by atoms with Gasteiger partial charge in [-0.1, -0.05) is 12.1 Å². The van der Waals surface area contributed by atoms with Gasteiger partial charge >= 0.3 is 0 Å². The Labute approximate surface area is 88.3 Å². The molecule has 15 heavy (non-hydrogen) atoms. The van der Waals surface area contributed by atoms with E-state index in [1.54, 1.807) is 0 Å². The van der Waals surface area contributed by atoms with E-state index in [1.807, 2.05) is 37.3 Å². The molecule has 3 rings (SSSR count). The zero-order chi connectivity index (χ0) is 10.3. The predicted molar refractivity (Wildman–Crippen MR) is 55.3 cm³/mol. The molecule has 0 spiro atoms. The number of rotatable bonds is 2. The van der Waals surface area contributed by atoms with E-state index < -0.39 is 0 Å². The molecule has 2 unspecified atom stereocenters. The SMILES string of the molecule is CCOC1=CC2OC2Oc2ccccc21. The van der Waals surface area contributed by atoms with Crippen molar-refractivity contribution in [1.29, 1.82) is 0 Å². The topological polar surface area (TPSA) is 31.0 Å². The average molecular weight is 204 g/mol. The Morgan fingerprint density at radius 2 is 2.20 bits per heavy atom. The Hall–Kier alpha value is -1.48. The number of epoxide rings is 1. The molecule has 0 aromatic heterocycles. The molecule has 1 fully saturated rings. The van der Waals surface area contributed by atoms with Crippen LogP contribution < -0.4 is 4.74 Å². The fourth-order valence-corrected chi connectivity index (χ4v) is 1.74. The molecule has 0 N–H and O–H groups in total. The van der Waals surface area contributed by atoms with Crippen molar-refractivity contribution in [2.45, 2.75) is 19.3 Å². The molecule has 0 saturated carbocycles. The van der Waals surface area contributed by atoms with Crippen molar-refractivity contribution in [3.8, 4) is 5.75 Å². The Morgan fingerprint density at radius 1 is 1.33 bits per heavy atom. The van der Waals surface area contributed by atoms with E-state index >= 15 is 0 Å². The predicted octanol–water partition coefficient (Wildman–Crippen LogP) is 2.18. The first-order valence-corrected chi connectivity index (χ1v) is 5.14. The third-order valence-electron chi connectivity index (χ3n) is 2.49. The number of para-hydroxylation sites is 1. The van der Waals surface area contributed by atoms with Crippen LogP contribution in [0.3, 0.4) is 0 Å². The lowest BCUT2D eigenvalue weighted by molar-refractivity contribution is 0.176. The van der Waals surface area contributed by atoms with Crippen LogP contribution in [0.5, 0.6) is 5.75 Å². The maximum Gasteiger partial charge on any atom is 0.231 e. The van der Waals surface area contributed by atoms with Crippen molar-refractivity contribution >= 4 is 5.76 Å². The molecule has 78 valence electrons. The van der Waals surface area contributed by atoms with Crippen LogP contribution in [0.1, 0.15) is 12.5 Å². The third kappa shape index (κ3) is 1.49. The minimum absolute atomic E-state index is 0.0546. The van der Waals surface area contributed by atoms with Crippen LogP contribution in [0.25, 0.3) is 5.76 Å². The summed E-state index contributed by atoms with van der Waals surface area (Å²) in [5.74, 6) is 1.69. The van der Waals surface area contributed by atoms with Crippen molar-refractivity contribution in [3.05, 3.63) is 35.9 Å². The van der Waals surface area contributed by atoms with Gasteiger partial charge in [0.25, 0.3) is 0 Å². The number of fused-ring (bicyclic) bond motifs is 2. The maximum atomic E-state index is 5.65. The second-order valence-electron chi connectivity index (χ2n) is 3.55. The molecule has 0 bridgehead atoms. The minimum atomic E-state index is -0.121. The van der Waals surface area contributed by atoms with E-state index in [2.05, 4.69) is 0 Å². The van der Waals surface area contributed by atoms with Crippen molar-refractivity contribution in [1.82, 2.24) is 0 Å². The monoisotopic (exact) mass is 204 g/mol. The van der Waals surface area contributed by atoms with Gasteiger partial charge in [-0.2, -0.15) is 0 Å². The summed E-state index contributed by atoms with van der Waals surface area (Å²) in [4.78, 5) is 0. The smallest absolute Gasteiger partial charge is 0.231 e. The van der Waals surface area contributed by atoms with Gasteiger partial charge in [-0.05, 0) is 25.1 Å². The molecule has 3 heteroatoms. The molecule has 2 atom stereocenters. The highest BCUT2D eigenvalue weighted by Gasteiger charge is 2.42. The van der Waals surface area contributed by atoms with E-state index in [9.17, 15) is 0 Å². The van der Waals surface area contributed by atoms with Gasteiger partial charge in [0.1, 0.15) is 17.6 Å². The van der Waals surface area contributed by atoms with Crippen LogP contribution in [-0.4, -0.2) is 19.0 Å². The molecule has 2 aliphatic heterocycles. The summed E-state index contributed by atoms with van der Waals surface area (Å²) in [6, 6.07) is 7.87. The highest BCUT2D eigenvalue weighted by atomic mass is 16.8. The number of hydrogen-bond acceptors (Lipinski definition) is 3. The standard InChI is InChI=1S/C12H12O3/c1-2-13-10-7-11-12(15-11)14-9-6-4-3-5-8(9)10/h3-7,11-12H,2H2,1H3. The Balaban J connectivity index is 2.04. The van der Waals surface area contributed by atoms with Crippen molar-refractivity contribution in [2.75, 3.05) is 6.61 Å². The molecule has 1 aromatic carbocycles. The van der Waals surface area contributed by atoms with E-state index in [4.69, 9.17) is 14.2 Å². The summed E-state index contributed by atoms with van der Waals surface area (Å²) in [5.41, 5.74) is 1.01. The van der Waals surface area contributed by atoms with Crippen molar-refractivity contribution in [3.63, 3.8) is 0 Å². The quantitative estimate of drug-likeness (QED) is 0.692. The highest BCUT2D eigenvalue weighted by molar-refractivity contribution is 5.67. The lowest BCUT2D eigenvalue weighted by Crippen LogP contribution is -2.00. The molecule has 1 saturated heterocycles. The minimum Gasteiger partial charge on any atom is -0.493 e. The second-order valence-corrected chi connectivity index (χ2v) is 3.55. The summed E-state index contributed by atoms with van der Waals surface area (Å²) in [5, 5.41) is 0. The second kappa shape index (κ2) is 3.28. The molecule has 1 aromatic rings. The van der Waals surface area contributed by atoms with Gasteiger partial charge in [0, 0.05) is 0 Å². The lowest BCUT2D eigenvalue weighted by atomic mass is 10.1. The van der Waals surface area contributed by atoms with Gasteiger partial charge in [0.05, 0.1) is 12.2 Å². The van der Waals surface area contributed by atoms with Gasteiger partial charge < -0.3 is 14.2 Å².